The van der Waals surface area contributed by atoms with Crippen molar-refractivity contribution in [3.05, 3.63) is 47.6 Å². The summed E-state index contributed by atoms with van der Waals surface area (Å²) in [4.78, 5) is 4.50. The number of aromatic nitrogens is 2. The van der Waals surface area contributed by atoms with Gasteiger partial charge in [-0.2, -0.15) is 4.98 Å². The van der Waals surface area contributed by atoms with Crippen molar-refractivity contribution in [1.29, 1.82) is 0 Å². The van der Waals surface area contributed by atoms with Crippen LogP contribution in [0.2, 0.25) is 0 Å². The second kappa shape index (κ2) is 7.87. The Kier molecular flexibility index (Phi) is 5.90. The molecule has 1 unspecified atom stereocenters. The van der Waals surface area contributed by atoms with Crippen molar-refractivity contribution < 1.29 is 12.9 Å². The molecule has 1 saturated carbocycles. The molecule has 2 fully saturated rings. The van der Waals surface area contributed by atoms with Gasteiger partial charge in [0.05, 0.1) is 17.2 Å². The Morgan fingerprint density at radius 2 is 1.96 bits per heavy atom. The van der Waals surface area contributed by atoms with E-state index in [2.05, 4.69) is 10.1 Å². The lowest BCUT2D eigenvalue weighted by molar-refractivity contribution is 0.226. The summed E-state index contributed by atoms with van der Waals surface area (Å²) >= 11 is 0. The van der Waals surface area contributed by atoms with Crippen LogP contribution in [0.1, 0.15) is 55.3 Å². The van der Waals surface area contributed by atoms with Crippen LogP contribution in [0.3, 0.4) is 0 Å². The van der Waals surface area contributed by atoms with Crippen LogP contribution in [-0.2, 0) is 21.3 Å². The SMILES string of the molecule is Cl.NC1(c2noc(C3CCCN(S(=O)(=O)Cc4ccccc4)C3)n2)CCC1. The number of benzene rings is 1. The summed E-state index contributed by atoms with van der Waals surface area (Å²) in [5.74, 6) is 1.01. The molecule has 7 nitrogen and oxygen atoms in total. The minimum Gasteiger partial charge on any atom is -0.339 e. The van der Waals surface area contributed by atoms with Crippen LogP contribution < -0.4 is 5.73 Å². The molecule has 2 aliphatic rings. The molecule has 1 aliphatic heterocycles. The van der Waals surface area contributed by atoms with Crippen molar-refractivity contribution in [2.24, 2.45) is 5.73 Å². The maximum Gasteiger partial charge on any atom is 0.231 e. The lowest BCUT2D eigenvalue weighted by Gasteiger charge is -2.34. The number of hydrogen-bond acceptors (Lipinski definition) is 6. The van der Waals surface area contributed by atoms with Gasteiger partial charge in [-0.15, -0.1) is 12.4 Å². The van der Waals surface area contributed by atoms with E-state index in [0.29, 0.717) is 24.8 Å². The van der Waals surface area contributed by atoms with Crippen molar-refractivity contribution in [2.45, 2.75) is 49.3 Å². The zero-order valence-electron chi connectivity index (χ0n) is 15.1. The van der Waals surface area contributed by atoms with Crippen LogP contribution >= 0.6 is 12.4 Å². The van der Waals surface area contributed by atoms with Crippen molar-refractivity contribution >= 4 is 22.4 Å². The Morgan fingerprint density at radius 3 is 2.63 bits per heavy atom. The number of nitrogens with two attached hydrogens (primary N) is 1. The maximum atomic E-state index is 12.8. The Morgan fingerprint density at radius 1 is 1.22 bits per heavy atom. The van der Waals surface area contributed by atoms with Gasteiger partial charge in [-0.1, -0.05) is 35.5 Å². The van der Waals surface area contributed by atoms with Gasteiger partial charge in [0, 0.05) is 13.1 Å². The first kappa shape index (κ1) is 20.3. The average Bonchev–Trinajstić information content (AvgIpc) is 3.11. The Balaban J connectivity index is 0.00000210. The van der Waals surface area contributed by atoms with Crippen LogP contribution in [0.4, 0.5) is 0 Å². The van der Waals surface area contributed by atoms with Crippen molar-refractivity contribution in [3.8, 4) is 0 Å². The molecule has 0 spiro atoms. The normalized spacial score (nSPS) is 22.6. The maximum absolute atomic E-state index is 12.8. The second-order valence-corrected chi connectivity index (χ2v) is 9.37. The molecular weight excluding hydrogens is 388 g/mol. The quantitative estimate of drug-likeness (QED) is 0.809. The fourth-order valence-corrected chi connectivity index (χ4v) is 5.27. The molecule has 2 heterocycles. The number of sulfonamides is 1. The molecule has 0 radical (unpaired) electrons. The zero-order valence-corrected chi connectivity index (χ0v) is 16.7. The van der Waals surface area contributed by atoms with E-state index in [0.717, 1.165) is 37.7 Å². The summed E-state index contributed by atoms with van der Waals surface area (Å²) < 4.78 is 32.6. The molecule has 0 amide bonds. The largest absolute Gasteiger partial charge is 0.339 e. The number of piperidine rings is 1. The highest BCUT2D eigenvalue weighted by Gasteiger charge is 2.40. The fourth-order valence-electron chi connectivity index (χ4n) is 3.66. The molecule has 1 aromatic heterocycles. The van der Waals surface area contributed by atoms with Crippen molar-refractivity contribution in [3.63, 3.8) is 0 Å². The van der Waals surface area contributed by atoms with Crippen LogP contribution in [0.5, 0.6) is 0 Å². The van der Waals surface area contributed by atoms with E-state index in [-0.39, 0.29) is 24.1 Å². The molecule has 9 heteroatoms. The van der Waals surface area contributed by atoms with Crippen molar-refractivity contribution in [1.82, 2.24) is 14.4 Å². The van der Waals surface area contributed by atoms with E-state index < -0.39 is 15.6 Å². The average molecular weight is 413 g/mol. The van der Waals surface area contributed by atoms with Gasteiger partial charge < -0.3 is 10.3 Å². The highest BCUT2D eigenvalue weighted by Crippen LogP contribution is 2.38. The van der Waals surface area contributed by atoms with Gasteiger partial charge >= 0.3 is 0 Å². The predicted octanol–water partition coefficient (Wildman–Crippen LogP) is 2.54. The summed E-state index contributed by atoms with van der Waals surface area (Å²) in [6.07, 6.45) is 4.44. The summed E-state index contributed by atoms with van der Waals surface area (Å²) in [5, 5.41) is 4.06. The van der Waals surface area contributed by atoms with Crippen LogP contribution in [0.15, 0.2) is 34.9 Å². The Hall–Kier alpha value is -1.48. The van der Waals surface area contributed by atoms with Gasteiger partial charge in [-0.05, 0) is 37.7 Å². The monoisotopic (exact) mass is 412 g/mol. The summed E-state index contributed by atoms with van der Waals surface area (Å²) in [7, 11) is -3.37. The van der Waals surface area contributed by atoms with Crippen LogP contribution in [0, 0.1) is 0 Å². The smallest absolute Gasteiger partial charge is 0.231 e. The minimum atomic E-state index is -3.37. The molecule has 1 atom stereocenters. The Labute approximate surface area is 165 Å². The molecular formula is C18H25ClN4O3S. The summed E-state index contributed by atoms with van der Waals surface area (Å²) in [6.45, 7) is 0.919. The minimum absolute atomic E-state index is 0. The first-order chi connectivity index (χ1) is 12.5. The van der Waals surface area contributed by atoms with E-state index in [1.54, 1.807) is 4.31 Å². The molecule has 2 N–H and O–H groups in total. The number of halogens is 1. The third-order valence-electron chi connectivity index (χ3n) is 5.45. The fraction of sp³-hybridized carbons (Fsp3) is 0.556. The molecule has 4 rings (SSSR count). The van der Waals surface area contributed by atoms with E-state index in [1.165, 1.54) is 0 Å². The first-order valence-corrected chi connectivity index (χ1v) is 10.7. The number of rotatable bonds is 5. The van der Waals surface area contributed by atoms with Gasteiger partial charge in [0.15, 0.2) is 5.82 Å². The number of hydrogen-bond donors (Lipinski definition) is 1. The van der Waals surface area contributed by atoms with Crippen LogP contribution in [0.25, 0.3) is 0 Å². The number of nitrogens with zero attached hydrogens (tertiary/aromatic N) is 3. The van der Waals surface area contributed by atoms with Gasteiger partial charge in [-0.3, -0.25) is 0 Å². The third kappa shape index (κ3) is 4.18. The van der Waals surface area contributed by atoms with Gasteiger partial charge in [0.25, 0.3) is 0 Å². The first-order valence-electron chi connectivity index (χ1n) is 9.11. The standard InChI is InChI=1S/C18H24N4O3S.ClH/c19-18(9-5-10-18)17-20-16(25-21-17)15-8-4-11-22(12-15)26(23,24)13-14-6-2-1-3-7-14;/h1-3,6-7,15H,4-5,8-13,19H2;1H. The van der Waals surface area contributed by atoms with E-state index in [4.69, 9.17) is 10.3 Å². The van der Waals surface area contributed by atoms with Crippen LogP contribution in [-0.4, -0.2) is 36.0 Å². The molecule has 2 aromatic rings. The molecule has 148 valence electrons. The lowest BCUT2D eigenvalue weighted by Crippen LogP contribution is -2.44. The predicted molar refractivity (Wildman–Crippen MR) is 104 cm³/mol. The topological polar surface area (TPSA) is 102 Å². The summed E-state index contributed by atoms with van der Waals surface area (Å²) in [6, 6.07) is 9.26. The lowest BCUT2D eigenvalue weighted by atomic mass is 9.77. The molecule has 1 aliphatic carbocycles. The molecule has 1 saturated heterocycles. The molecule has 27 heavy (non-hydrogen) atoms. The highest BCUT2D eigenvalue weighted by molar-refractivity contribution is 7.88. The molecule has 0 bridgehead atoms. The highest BCUT2D eigenvalue weighted by atomic mass is 35.5. The van der Waals surface area contributed by atoms with Crippen molar-refractivity contribution in [2.75, 3.05) is 13.1 Å². The van der Waals surface area contributed by atoms with Gasteiger partial charge in [0.1, 0.15) is 0 Å². The molecule has 1 aromatic carbocycles. The van der Waals surface area contributed by atoms with E-state index >= 15 is 0 Å². The van der Waals surface area contributed by atoms with Gasteiger partial charge in [-0.25, -0.2) is 12.7 Å². The van der Waals surface area contributed by atoms with E-state index in [9.17, 15) is 8.42 Å². The zero-order chi connectivity index (χ0) is 18.2. The summed E-state index contributed by atoms with van der Waals surface area (Å²) in [5.41, 5.74) is 6.59. The van der Waals surface area contributed by atoms with E-state index in [1.807, 2.05) is 30.3 Å². The third-order valence-corrected chi connectivity index (χ3v) is 7.27. The Bertz CT molecular complexity index is 868. The van der Waals surface area contributed by atoms with Gasteiger partial charge in [0.2, 0.25) is 15.9 Å². The second-order valence-electron chi connectivity index (χ2n) is 7.40.